The van der Waals surface area contributed by atoms with Gasteiger partial charge in [0.05, 0.1) is 17.1 Å². The molecule has 0 N–H and O–H groups in total. The van der Waals surface area contributed by atoms with Gasteiger partial charge >= 0.3 is 0 Å². The van der Waals surface area contributed by atoms with E-state index in [1.807, 2.05) is 45.0 Å². The average Bonchev–Trinajstić information content (AvgIpc) is 2.67. The molecule has 1 amide bonds. The van der Waals surface area contributed by atoms with Crippen LogP contribution in [0.2, 0.25) is 0 Å². The maximum Gasteiger partial charge on any atom is 0.258 e. The van der Waals surface area contributed by atoms with Crippen LogP contribution in [0.1, 0.15) is 29.8 Å². The number of rotatable bonds is 4. The number of hydrogen-bond donors (Lipinski definition) is 0. The summed E-state index contributed by atoms with van der Waals surface area (Å²) < 4.78 is 32.9. The Balaban J connectivity index is 1.79. The van der Waals surface area contributed by atoms with Gasteiger partial charge in [-0.2, -0.15) is 4.31 Å². The molecule has 1 heterocycles. The summed E-state index contributed by atoms with van der Waals surface area (Å²) in [5, 5.41) is 0. The largest absolute Gasteiger partial charge is 0.373 e. The van der Waals surface area contributed by atoms with E-state index in [4.69, 9.17) is 4.74 Å². The third-order valence-electron chi connectivity index (χ3n) is 4.85. The fourth-order valence-electron chi connectivity index (χ4n) is 3.32. The molecular formula is C21H26N2O4S. The van der Waals surface area contributed by atoms with Crippen LogP contribution in [-0.2, 0) is 14.8 Å². The van der Waals surface area contributed by atoms with E-state index in [-0.39, 0.29) is 23.0 Å². The third kappa shape index (κ3) is 4.27. The van der Waals surface area contributed by atoms with Crippen molar-refractivity contribution < 1.29 is 17.9 Å². The highest BCUT2D eigenvalue weighted by Gasteiger charge is 2.32. The summed E-state index contributed by atoms with van der Waals surface area (Å²) in [6, 6.07) is 13.8. The number of benzene rings is 2. The zero-order valence-electron chi connectivity index (χ0n) is 16.6. The van der Waals surface area contributed by atoms with E-state index < -0.39 is 10.0 Å². The molecule has 0 bridgehead atoms. The SMILES string of the molecule is Cc1ccc(N(C)C(=O)c2ccc(S(=O)(=O)N3CC(C)OC(C)C3)cc2)cc1. The van der Waals surface area contributed by atoms with Gasteiger partial charge < -0.3 is 9.64 Å². The molecule has 6 nitrogen and oxygen atoms in total. The van der Waals surface area contributed by atoms with E-state index in [0.717, 1.165) is 11.3 Å². The Labute approximate surface area is 166 Å². The molecular weight excluding hydrogens is 376 g/mol. The van der Waals surface area contributed by atoms with Gasteiger partial charge in [0.25, 0.3) is 5.91 Å². The molecule has 1 aliphatic heterocycles. The monoisotopic (exact) mass is 402 g/mol. The number of anilines is 1. The Morgan fingerprint density at radius 1 is 1.00 bits per heavy atom. The van der Waals surface area contributed by atoms with Crippen molar-refractivity contribution in [1.29, 1.82) is 0 Å². The minimum Gasteiger partial charge on any atom is -0.373 e. The lowest BCUT2D eigenvalue weighted by Crippen LogP contribution is -2.48. The van der Waals surface area contributed by atoms with Crippen molar-refractivity contribution in [3.63, 3.8) is 0 Å². The van der Waals surface area contributed by atoms with E-state index in [1.165, 1.54) is 16.4 Å². The average molecular weight is 403 g/mol. The molecule has 7 heteroatoms. The number of hydrogen-bond acceptors (Lipinski definition) is 4. The standard InChI is InChI=1S/C21H26N2O4S/c1-15-5-9-19(10-6-15)22(4)21(24)18-7-11-20(12-8-18)28(25,26)23-13-16(2)27-17(3)14-23/h5-12,16-17H,13-14H2,1-4H3. The lowest BCUT2D eigenvalue weighted by Gasteiger charge is -2.34. The van der Waals surface area contributed by atoms with Crippen LogP contribution in [0.5, 0.6) is 0 Å². The quantitative estimate of drug-likeness (QED) is 0.788. The Morgan fingerprint density at radius 2 is 1.54 bits per heavy atom. The molecule has 1 saturated heterocycles. The van der Waals surface area contributed by atoms with Crippen molar-refractivity contribution in [1.82, 2.24) is 4.31 Å². The first-order chi connectivity index (χ1) is 13.2. The van der Waals surface area contributed by atoms with Gasteiger partial charge in [-0.15, -0.1) is 0 Å². The molecule has 28 heavy (non-hydrogen) atoms. The molecule has 0 saturated carbocycles. The molecule has 3 rings (SSSR count). The molecule has 0 aromatic heterocycles. The number of morpholine rings is 1. The van der Waals surface area contributed by atoms with Crippen LogP contribution in [0, 0.1) is 6.92 Å². The van der Waals surface area contributed by atoms with Crippen molar-refractivity contribution in [2.45, 2.75) is 37.9 Å². The molecule has 0 radical (unpaired) electrons. The third-order valence-corrected chi connectivity index (χ3v) is 6.70. The van der Waals surface area contributed by atoms with Crippen LogP contribution in [0.25, 0.3) is 0 Å². The van der Waals surface area contributed by atoms with Crippen LogP contribution in [0.15, 0.2) is 53.4 Å². The highest BCUT2D eigenvalue weighted by atomic mass is 32.2. The van der Waals surface area contributed by atoms with Gasteiger partial charge in [0.2, 0.25) is 10.0 Å². The number of ether oxygens (including phenoxy) is 1. The molecule has 2 unspecified atom stereocenters. The minimum absolute atomic E-state index is 0.150. The molecule has 2 aromatic rings. The lowest BCUT2D eigenvalue weighted by molar-refractivity contribution is -0.0440. The fraction of sp³-hybridized carbons (Fsp3) is 0.381. The highest BCUT2D eigenvalue weighted by Crippen LogP contribution is 2.22. The number of carbonyl (C=O) groups is 1. The molecule has 1 aliphatic rings. The van der Waals surface area contributed by atoms with Gasteiger partial charge in [0, 0.05) is 31.4 Å². The van der Waals surface area contributed by atoms with Crippen molar-refractivity contribution in [2.24, 2.45) is 0 Å². The Morgan fingerprint density at radius 3 is 2.07 bits per heavy atom. The molecule has 150 valence electrons. The predicted molar refractivity (Wildman–Crippen MR) is 109 cm³/mol. The van der Waals surface area contributed by atoms with Gasteiger partial charge in [0.15, 0.2) is 0 Å². The zero-order valence-corrected chi connectivity index (χ0v) is 17.4. The first-order valence-electron chi connectivity index (χ1n) is 9.29. The minimum atomic E-state index is -3.62. The zero-order chi connectivity index (χ0) is 20.5. The first kappa shape index (κ1) is 20.5. The number of carbonyl (C=O) groups excluding carboxylic acids is 1. The number of aryl methyl sites for hydroxylation is 1. The van der Waals surface area contributed by atoms with Crippen LogP contribution in [0.3, 0.4) is 0 Å². The van der Waals surface area contributed by atoms with E-state index >= 15 is 0 Å². The maximum atomic E-state index is 12.9. The van der Waals surface area contributed by atoms with Crippen molar-refractivity contribution in [2.75, 3.05) is 25.0 Å². The topological polar surface area (TPSA) is 66.9 Å². The number of amides is 1. The molecule has 2 atom stereocenters. The predicted octanol–water partition coefficient (Wildman–Crippen LogP) is 3.07. The van der Waals surface area contributed by atoms with Crippen molar-refractivity contribution >= 4 is 21.6 Å². The van der Waals surface area contributed by atoms with Crippen LogP contribution >= 0.6 is 0 Å². The van der Waals surface area contributed by atoms with Crippen LogP contribution in [0.4, 0.5) is 5.69 Å². The molecule has 0 aliphatic carbocycles. The normalized spacial score (nSPS) is 20.7. The number of nitrogens with zero attached hydrogens (tertiary/aromatic N) is 2. The molecule has 1 fully saturated rings. The van der Waals surface area contributed by atoms with Gasteiger partial charge in [-0.25, -0.2) is 8.42 Å². The second kappa shape index (κ2) is 8.03. The summed E-state index contributed by atoms with van der Waals surface area (Å²) in [5.74, 6) is -0.193. The van der Waals surface area contributed by atoms with E-state index in [9.17, 15) is 13.2 Å². The Hall–Kier alpha value is -2.22. The lowest BCUT2D eigenvalue weighted by atomic mass is 10.1. The summed E-state index contributed by atoms with van der Waals surface area (Å²) in [6.45, 7) is 6.36. The maximum absolute atomic E-state index is 12.9. The number of sulfonamides is 1. The van der Waals surface area contributed by atoms with Gasteiger partial charge in [-0.1, -0.05) is 17.7 Å². The Bertz CT molecular complexity index is 929. The highest BCUT2D eigenvalue weighted by molar-refractivity contribution is 7.89. The smallest absolute Gasteiger partial charge is 0.258 e. The van der Waals surface area contributed by atoms with Crippen LogP contribution < -0.4 is 4.90 Å². The van der Waals surface area contributed by atoms with Gasteiger partial charge in [-0.3, -0.25) is 4.79 Å². The van der Waals surface area contributed by atoms with Gasteiger partial charge in [-0.05, 0) is 57.2 Å². The van der Waals surface area contributed by atoms with E-state index in [0.29, 0.717) is 18.7 Å². The summed E-state index contributed by atoms with van der Waals surface area (Å²) in [7, 11) is -1.92. The van der Waals surface area contributed by atoms with Crippen molar-refractivity contribution in [3.05, 3.63) is 59.7 Å². The van der Waals surface area contributed by atoms with Gasteiger partial charge in [0.1, 0.15) is 0 Å². The summed E-state index contributed by atoms with van der Waals surface area (Å²) >= 11 is 0. The molecule has 0 spiro atoms. The second-order valence-electron chi connectivity index (χ2n) is 7.30. The summed E-state index contributed by atoms with van der Waals surface area (Å²) in [6.07, 6.45) is -0.301. The summed E-state index contributed by atoms with van der Waals surface area (Å²) in [4.78, 5) is 14.5. The van der Waals surface area contributed by atoms with E-state index in [1.54, 1.807) is 24.1 Å². The van der Waals surface area contributed by atoms with Crippen molar-refractivity contribution in [3.8, 4) is 0 Å². The first-order valence-corrected chi connectivity index (χ1v) is 10.7. The summed E-state index contributed by atoms with van der Waals surface area (Å²) in [5.41, 5.74) is 2.33. The second-order valence-corrected chi connectivity index (χ2v) is 9.24. The van der Waals surface area contributed by atoms with E-state index in [2.05, 4.69) is 0 Å². The fourth-order valence-corrected chi connectivity index (χ4v) is 4.92. The van der Waals surface area contributed by atoms with Crippen LogP contribution in [-0.4, -0.2) is 51.0 Å². The Kier molecular flexibility index (Phi) is 5.88. The molecule has 2 aromatic carbocycles.